The standard InChI is InChI=1S/C13H21N5O2S.HI/c1-3-7-16-13(15-4-2)17-9-10-18-21(19,20)12-6-5-8-14-11-12;/h3,5-6,8,11,18H,1,4,7,9-10H2,2H3,(H2,15,16,17);1H. The van der Waals surface area contributed by atoms with Gasteiger partial charge in [-0.25, -0.2) is 13.1 Å². The average molecular weight is 439 g/mol. The van der Waals surface area contributed by atoms with Gasteiger partial charge < -0.3 is 10.6 Å². The lowest BCUT2D eigenvalue weighted by Gasteiger charge is -2.09. The summed E-state index contributed by atoms with van der Waals surface area (Å²) < 4.78 is 26.3. The lowest BCUT2D eigenvalue weighted by atomic mass is 10.5. The van der Waals surface area contributed by atoms with E-state index in [1.54, 1.807) is 12.1 Å². The Kier molecular flexibility index (Phi) is 10.8. The van der Waals surface area contributed by atoms with Crippen molar-refractivity contribution in [2.24, 2.45) is 4.99 Å². The first kappa shape index (κ1) is 20.8. The van der Waals surface area contributed by atoms with Gasteiger partial charge in [0.15, 0.2) is 5.96 Å². The highest BCUT2D eigenvalue weighted by Gasteiger charge is 2.12. The normalized spacial score (nSPS) is 11.4. The highest BCUT2D eigenvalue weighted by Crippen LogP contribution is 2.04. The summed E-state index contributed by atoms with van der Waals surface area (Å²) in [7, 11) is -3.53. The van der Waals surface area contributed by atoms with Crippen LogP contribution in [0.4, 0.5) is 0 Å². The van der Waals surface area contributed by atoms with Gasteiger partial charge in [0, 0.05) is 32.0 Å². The minimum absolute atomic E-state index is 0. The van der Waals surface area contributed by atoms with Crippen LogP contribution in [0.15, 0.2) is 47.1 Å². The van der Waals surface area contributed by atoms with E-state index in [0.717, 1.165) is 6.54 Å². The van der Waals surface area contributed by atoms with Crippen molar-refractivity contribution >= 4 is 40.0 Å². The Labute approximate surface area is 148 Å². The third-order valence-corrected chi connectivity index (χ3v) is 3.82. The summed E-state index contributed by atoms with van der Waals surface area (Å²) in [5.74, 6) is 0.623. The van der Waals surface area contributed by atoms with Crippen molar-refractivity contribution in [3.8, 4) is 0 Å². The number of sulfonamides is 1. The van der Waals surface area contributed by atoms with Crippen molar-refractivity contribution in [2.75, 3.05) is 26.2 Å². The second-order valence-electron chi connectivity index (χ2n) is 4.02. The lowest BCUT2D eigenvalue weighted by molar-refractivity contribution is 0.581. The molecule has 0 bridgehead atoms. The fourth-order valence-corrected chi connectivity index (χ4v) is 2.43. The topological polar surface area (TPSA) is 95.5 Å². The van der Waals surface area contributed by atoms with E-state index in [1.807, 2.05) is 6.92 Å². The molecule has 0 radical (unpaired) electrons. The Morgan fingerprint density at radius 1 is 1.45 bits per heavy atom. The number of aromatic nitrogens is 1. The number of pyridine rings is 1. The van der Waals surface area contributed by atoms with Crippen LogP contribution in [0.3, 0.4) is 0 Å². The molecule has 0 aromatic carbocycles. The van der Waals surface area contributed by atoms with Crippen molar-refractivity contribution in [3.63, 3.8) is 0 Å². The van der Waals surface area contributed by atoms with E-state index in [1.165, 1.54) is 18.5 Å². The lowest BCUT2D eigenvalue weighted by Crippen LogP contribution is -2.38. The van der Waals surface area contributed by atoms with Crippen molar-refractivity contribution in [3.05, 3.63) is 37.2 Å². The molecule has 22 heavy (non-hydrogen) atoms. The Morgan fingerprint density at radius 2 is 2.23 bits per heavy atom. The van der Waals surface area contributed by atoms with Crippen LogP contribution in [-0.2, 0) is 10.0 Å². The molecule has 0 atom stereocenters. The smallest absolute Gasteiger partial charge is 0.242 e. The van der Waals surface area contributed by atoms with Crippen molar-refractivity contribution in [1.82, 2.24) is 20.3 Å². The molecule has 0 aliphatic carbocycles. The minimum atomic E-state index is -3.53. The number of hydrogen-bond acceptors (Lipinski definition) is 4. The summed E-state index contributed by atoms with van der Waals surface area (Å²) in [5.41, 5.74) is 0. The molecular formula is C13H22IN5O2S. The number of nitrogens with zero attached hydrogens (tertiary/aromatic N) is 2. The maximum absolute atomic E-state index is 11.9. The fraction of sp³-hybridized carbons (Fsp3) is 0.385. The van der Waals surface area contributed by atoms with Crippen LogP contribution in [0, 0.1) is 0 Å². The van der Waals surface area contributed by atoms with E-state index in [4.69, 9.17) is 0 Å². The Bertz CT molecular complexity index is 563. The Morgan fingerprint density at radius 3 is 2.82 bits per heavy atom. The molecule has 9 heteroatoms. The molecule has 7 nitrogen and oxygen atoms in total. The van der Waals surface area contributed by atoms with Crippen LogP contribution in [0.2, 0.25) is 0 Å². The number of rotatable bonds is 8. The average Bonchev–Trinajstić information content (AvgIpc) is 2.50. The molecule has 0 saturated heterocycles. The van der Waals surface area contributed by atoms with Gasteiger partial charge in [-0.05, 0) is 19.1 Å². The zero-order valence-corrected chi connectivity index (χ0v) is 15.6. The van der Waals surface area contributed by atoms with Crippen LogP contribution in [-0.4, -0.2) is 45.5 Å². The highest BCUT2D eigenvalue weighted by molar-refractivity contribution is 14.0. The first-order valence-corrected chi connectivity index (χ1v) is 8.11. The Hall–Kier alpha value is -1.20. The van der Waals surface area contributed by atoms with Gasteiger partial charge in [-0.3, -0.25) is 9.98 Å². The monoisotopic (exact) mass is 439 g/mol. The molecule has 1 heterocycles. The van der Waals surface area contributed by atoms with Crippen molar-refractivity contribution in [2.45, 2.75) is 11.8 Å². The van der Waals surface area contributed by atoms with Gasteiger partial charge in [-0.2, -0.15) is 0 Å². The van der Waals surface area contributed by atoms with Gasteiger partial charge in [-0.1, -0.05) is 6.08 Å². The number of guanidine groups is 1. The molecule has 0 saturated carbocycles. The molecule has 0 unspecified atom stereocenters. The van der Waals surface area contributed by atoms with Crippen LogP contribution >= 0.6 is 24.0 Å². The van der Waals surface area contributed by atoms with Crippen LogP contribution in [0.1, 0.15) is 6.92 Å². The van der Waals surface area contributed by atoms with Crippen LogP contribution < -0.4 is 15.4 Å². The third-order valence-electron chi connectivity index (χ3n) is 2.38. The van der Waals surface area contributed by atoms with Gasteiger partial charge in [0.05, 0.1) is 6.54 Å². The van der Waals surface area contributed by atoms with Gasteiger partial charge in [-0.15, -0.1) is 30.6 Å². The highest BCUT2D eigenvalue weighted by atomic mass is 127. The van der Waals surface area contributed by atoms with Gasteiger partial charge >= 0.3 is 0 Å². The van der Waals surface area contributed by atoms with Gasteiger partial charge in [0.1, 0.15) is 4.90 Å². The van der Waals surface area contributed by atoms with E-state index < -0.39 is 10.0 Å². The molecule has 0 aliphatic heterocycles. The molecular weight excluding hydrogens is 417 g/mol. The summed E-state index contributed by atoms with van der Waals surface area (Å²) in [5, 5.41) is 6.08. The van der Waals surface area contributed by atoms with E-state index in [9.17, 15) is 8.42 Å². The SMILES string of the molecule is C=CCNC(=NCCNS(=O)(=O)c1cccnc1)NCC.I. The maximum Gasteiger partial charge on any atom is 0.242 e. The zero-order valence-electron chi connectivity index (χ0n) is 12.4. The van der Waals surface area contributed by atoms with Crippen LogP contribution in [0.5, 0.6) is 0 Å². The summed E-state index contributed by atoms with van der Waals surface area (Å²) in [6.07, 6.45) is 4.55. The molecule has 1 aromatic heterocycles. The first-order valence-electron chi connectivity index (χ1n) is 6.63. The third kappa shape index (κ3) is 7.71. The van der Waals surface area contributed by atoms with Crippen LogP contribution in [0.25, 0.3) is 0 Å². The summed E-state index contributed by atoms with van der Waals surface area (Å²) in [6, 6.07) is 3.07. The molecule has 124 valence electrons. The van der Waals surface area contributed by atoms with Crippen molar-refractivity contribution in [1.29, 1.82) is 0 Å². The van der Waals surface area contributed by atoms with Gasteiger partial charge in [0.2, 0.25) is 10.0 Å². The molecule has 1 rings (SSSR count). The fourth-order valence-electron chi connectivity index (χ4n) is 1.45. The number of hydrogen-bond donors (Lipinski definition) is 3. The molecule has 0 fully saturated rings. The number of halogens is 1. The first-order chi connectivity index (χ1) is 10.1. The maximum atomic E-state index is 11.9. The predicted octanol–water partition coefficient (Wildman–Crippen LogP) is 0.719. The van der Waals surface area contributed by atoms with E-state index in [-0.39, 0.29) is 35.4 Å². The molecule has 1 aromatic rings. The second-order valence-corrected chi connectivity index (χ2v) is 5.78. The molecule has 0 spiro atoms. The van der Waals surface area contributed by atoms with Gasteiger partial charge in [0.25, 0.3) is 0 Å². The predicted molar refractivity (Wildman–Crippen MR) is 99.0 cm³/mol. The molecule has 3 N–H and O–H groups in total. The quantitative estimate of drug-likeness (QED) is 0.183. The Balaban J connectivity index is 0.00000441. The zero-order chi connectivity index (χ0) is 15.6. The number of aliphatic imine (C=N–C) groups is 1. The second kappa shape index (κ2) is 11.4. The number of nitrogens with one attached hydrogen (secondary N) is 3. The molecule has 0 aliphatic rings. The largest absolute Gasteiger partial charge is 0.357 e. The van der Waals surface area contributed by atoms with E-state index in [0.29, 0.717) is 19.0 Å². The molecule has 0 amide bonds. The summed E-state index contributed by atoms with van der Waals surface area (Å²) in [4.78, 5) is 8.19. The summed E-state index contributed by atoms with van der Waals surface area (Å²) >= 11 is 0. The van der Waals surface area contributed by atoms with Crippen molar-refractivity contribution < 1.29 is 8.42 Å². The van der Waals surface area contributed by atoms with E-state index >= 15 is 0 Å². The minimum Gasteiger partial charge on any atom is -0.357 e. The summed E-state index contributed by atoms with van der Waals surface area (Å²) in [6.45, 7) is 7.42. The van der Waals surface area contributed by atoms with E-state index in [2.05, 4.69) is 31.9 Å².